The number of rotatable bonds is 1. The maximum atomic E-state index is 9.10. The van der Waals surface area contributed by atoms with E-state index in [1.165, 1.54) is 0 Å². The molecule has 0 atom stereocenters. The summed E-state index contributed by atoms with van der Waals surface area (Å²) in [5.74, 6) is 0. The third-order valence-corrected chi connectivity index (χ3v) is 2.70. The molecule has 0 heterocycles. The Bertz CT molecular complexity index is 428. The second-order valence-corrected chi connectivity index (χ2v) is 5.08. The molecular weight excluding hydrogens is 227 g/mol. The molecule has 0 fully saturated rings. The van der Waals surface area contributed by atoms with Gasteiger partial charge in [0.25, 0.3) is 0 Å². The van der Waals surface area contributed by atoms with E-state index in [4.69, 9.17) is 29.1 Å². The minimum absolute atomic E-state index is 0.431. The highest BCUT2D eigenvalue weighted by atomic mass is 16.3. The van der Waals surface area contributed by atoms with E-state index in [1.807, 2.05) is 6.07 Å². The van der Waals surface area contributed by atoms with Gasteiger partial charge in [0, 0.05) is 5.69 Å². The first-order valence-corrected chi connectivity index (χ1v) is 5.49. The van der Waals surface area contributed by atoms with Crippen molar-refractivity contribution in [3.63, 3.8) is 0 Å². The fraction of sp³-hybridized carbons (Fsp3) is 0.462. The zero-order valence-electron chi connectivity index (χ0n) is 11.2. The van der Waals surface area contributed by atoms with Crippen LogP contribution in [0.15, 0.2) is 18.2 Å². The molecule has 4 N–H and O–H groups in total. The minimum atomic E-state index is -1.01. The highest BCUT2D eigenvalue weighted by molar-refractivity contribution is 6.32. The molecule has 1 rings (SSSR count). The monoisotopic (exact) mass is 246 g/mol. The normalized spacial score (nSPS) is 11.2. The van der Waals surface area contributed by atoms with Crippen molar-refractivity contribution in [3.05, 3.63) is 23.8 Å². The number of nitriles is 1. The molecule has 0 amide bonds. The number of nitrogen functional groups attached to an aromatic ring is 1. The SMILES string of the molecule is CC(C)(O)C(C)(C)O.[B]c1ccc(N)c(C#N)c1. The molecule has 0 aromatic heterocycles. The van der Waals surface area contributed by atoms with Crippen molar-refractivity contribution < 1.29 is 10.2 Å². The summed E-state index contributed by atoms with van der Waals surface area (Å²) in [7, 11) is 5.40. The molecular formula is C13H19BN2O2. The standard InChI is InChI=1S/C7H5BN2.C6H14O2/c8-6-1-2-7(10)5(3-6)4-9;1-5(2,7)6(3,4)8/h1-3H,10H2;7-8H,1-4H3. The van der Waals surface area contributed by atoms with Crippen molar-refractivity contribution in [3.8, 4) is 6.07 Å². The second kappa shape index (κ2) is 5.90. The van der Waals surface area contributed by atoms with Gasteiger partial charge in [-0.15, -0.1) is 0 Å². The first kappa shape index (κ1) is 16.5. The summed E-state index contributed by atoms with van der Waals surface area (Å²) in [6.07, 6.45) is 0. The first-order valence-electron chi connectivity index (χ1n) is 5.49. The topological polar surface area (TPSA) is 90.3 Å². The van der Waals surface area contributed by atoms with Gasteiger partial charge in [0.05, 0.1) is 16.8 Å². The van der Waals surface area contributed by atoms with Gasteiger partial charge in [-0.05, 0) is 39.8 Å². The molecule has 0 aliphatic carbocycles. The van der Waals surface area contributed by atoms with E-state index in [2.05, 4.69) is 0 Å². The van der Waals surface area contributed by atoms with E-state index in [0.717, 1.165) is 0 Å². The Labute approximate surface area is 109 Å². The van der Waals surface area contributed by atoms with Crippen molar-refractivity contribution in [1.82, 2.24) is 0 Å². The number of nitrogens with two attached hydrogens (primary N) is 1. The van der Waals surface area contributed by atoms with Gasteiger partial charge in [-0.25, -0.2) is 0 Å². The Morgan fingerprint density at radius 1 is 1.17 bits per heavy atom. The summed E-state index contributed by atoms with van der Waals surface area (Å²) < 4.78 is 0. The van der Waals surface area contributed by atoms with Crippen molar-refractivity contribution in [2.75, 3.05) is 5.73 Å². The van der Waals surface area contributed by atoms with Crippen LogP contribution in [-0.4, -0.2) is 29.3 Å². The van der Waals surface area contributed by atoms with Gasteiger partial charge in [0.1, 0.15) is 13.9 Å². The maximum Gasteiger partial charge on any atom is 0.113 e. The van der Waals surface area contributed by atoms with Gasteiger partial charge in [0.2, 0.25) is 0 Å². The van der Waals surface area contributed by atoms with E-state index in [0.29, 0.717) is 16.7 Å². The summed E-state index contributed by atoms with van der Waals surface area (Å²) in [5.41, 5.74) is 4.87. The summed E-state index contributed by atoms with van der Waals surface area (Å²) >= 11 is 0. The van der Waals surface area contributed by atoms with Crippen molar-refractivity contribution in [1.29, 1.82) is 5.26 Å². The van der Waals surface area contributed by atoms with E-state index < -0.39 is 11.2 Å². The third-order valence-electron chi connectivity index (χ3n) is 2.70. The molecule has 0 saturated heterocycles. The molecule has 4 nitrogen and oxygen atoms in total. The number of nitrogens with zero attached hydrogens (tertiary/aromatic N) is 1. The van der Waals surface area contributed by atoms with Gasteiger partial charge in [-0.3, -0.25) is 0 Å². The Hall–Kier alpha value is -1.51. The smallest absolute Gasteiger partial charge is 0.113 e. The summed E-state index contributed by atoms with van der Waals surface area (Å²) in [6, 6.07) is 6.76. The van der Waals surface area contributed by atoms with E-state index in [9.17, 15) is 0 Å². The average molecular weight is 246 g/mol. The number of hydrogen-bond donors (Lipinski definition) is 3. The predicted molar refractivity (Wildman–Crippen MR) is 73.6 cm³/mol. The van der Waals surface area contributed by atoms with Crippen molar-refractivity contribution in [2.45, 2.75) is 38.9 Å². The summed E-state index contributed by atoms with van der Waals surface area (Å²) in [6.45, 7) is 6.31. The van der Waals surface area contributed by atoms with E-state index in [-0.39, 0.29) is 0 Å². The van der Waals surface area contributed by atoms with Gasteiger partial charge in [-0.1, -0.05) is 11.5 Å². The Morgan fingerprint density at radius 2 is 1.61 bits per heavy atom. The lowest BCUT2D eigenvalue weighted by atomic mass is 9.90. The molecule has 0 unspecified atom stereocenters. The number of hydrogen-bond acceptors (Lipinski definition) is 4. The fourth-order valence-electron chi connectivity index (χ4n) is 0.671. The lowest BCUT2D eigenvalue weighted by Crippen LogP contribution is -2.44. The molecule has 1 aromatic rings. The van der Waals surface area contributed by atoms with E-state index >= 15 is 0 Å². The van der Waals surface area contributed by atoms with E-state index in [1.54, 1.807) is 45.9 Å². The minimum Gasteiger partial charge on any atom is -0.398 e. The molecule has 2 radical (unpaired) electrons. The average Bonchev–Trinajstić information content (AvgIpc) is 2.19. The zero-order chi connectivity index (χ0) is 14.6. The predicted octanol–water partition coefficient (Wildman–Crippen LogP) is 0.462. The Balaban J connectivity index is 0.000000331. The van der Waals surface area contributed by atoms with Crippen LogP contribution in [0.25, 0.3) is 0 Å². The maximum absolute atomic E-state index is 9.10. The second-order valence-electron chi connectivity index (χ2n) is 5.08. The van der Waals surface area contributed by atoms with Crippen LogP contribution in [0, 0.1) is 11.3 Å². The molecule has 5 heteroatoms. The van der Waals surface area contributed by atoms with Crippen LogP contribution in [0.2, 0.25) is 0 Å². The molecule has 0 spiro atoms. The van der Waals surface area contributed by atoms with Crippen LogP contribution in [-0.2, 0) is 0 Å². The number of aliphatic hydroxyl groups is 2. The fourth-order valence-corrected chi connectivity index (χ4v) is 0.671. The summed E-state index contributed by atoms with van der Waals surface area (Å²) in [5, 5.41) is 26.7. The van der Waals surface area contributed by atoms with Crippen LogP contribution in [0.4, 0.5) is 5.69 Å². The van der Waals surface area contributed by atoms with Gasteiger partial charge in [0.15, 0.2) is 0 Å². The lowest BCUT2D eigenvalue weighted by Gasteiger charge is -2.31. The van der Waals surface area contributed by atoms with Crippen LogP contribution >= 0.6 is 0 Å². The van der Waals surface area contributed by atoms with Crippen LogP contribution in [0.1, 0.15) is 33.3 Å². The molecule has 0 aliphatic rings. The van der Waals surface area contributed by atoms with Gasteiger partial charge >= 0.3 is 0 Å². The molecule has 0 saturated carbocycles. The molecule has 0 bridgehead atoms. The van der Waals surface area contributed by atoms with Crippen molar-refractivity contribution >= 4 is 19.0 Å². The van der Waals surface area contributed by atoms with Crippen LogP contribution in [0.3, 0.4) is 0 Å². The van der Waals surface area contributed by atoms with Crippen LogP contribution in [0.5, 0.6) is 0 Å². The van der Waals surface area contributed by atoms with Gasteiger partial charge in [-0.2, -0.15) is 5.26 Å². The lowest BCUT2D eigenvalue weighted by molar-refractivity contribution is -0.107. The van der Waals surface area contributed by atoms with Crippen molar-refractivity contribution in [2.24, 2.45) is 0 Å². The highest BCUT2D eigenvalue weighted by Gasteiger charge is 2.31. The Kier molecular flexibility index (Phi) is 5.40. The Morgan fingerprint density at radius 3 is 1.89 bits per heavy atom. The number of benzene rings is 1. The van der Waals surface area contributed by atoms with Crippen LogP contribution < -0.4 is 11.2 Å². The highest BCUT2D eigenvalue weighted by Crippen LogP contribution is 2.19. The number of anilines is 1. The third kappa shape index (κ3) is 5.22. The summed E-state index contributed by atoms with van der Waals surface area (Å²) in [4.78, 5) is 0. The zero-order valence-corrected chi connectivity index (χ0v) is 11.2. The quantitative estimate of drug-likeness (QED) is 0.496. The molecule has 0 aliphatic heterocycles. The molecule has 96 valence electrons. The van der Waals surface area contributed by atoms with Gasteiger partial charge < -0.3 is 15.9 Å². The molecule has 1 aromatic carbocycles. The molecule has 18 heavy (non-hydrogen) atoms. The largest absolute Gasteiger partial charge is 0.398 e. The first-order chi connectivity index (χ1) is 7.99.